The molecule has 1 aromatic rings. The molecule has 122 valence electrons. The lowest BCUT2D eigenvalue weighted by molar-refractivity contribution is 0.00364. The minimum absolute atomic E-state index is 0.0455. The van der Waals surface area contributed by atoms with Crippen molar-refractivity contribution in [3.05, 3.63) is 34.3 Å². The van der Waals surface area contributed by atoms with Crippen molar-refractivity contribution in [1.82, 2.24) is 4.90 Å². The molecule has 2 atom stereocenters. The first kappa shape index (κ1) is 17.1. The number of piperidine rings is 1. The zero-order valence-electron chi connectivity index (χ0n) is 14.1. The number of likely N-dealkylation sites (tertiary alicyclic amines) is 1. The minimum atomic E-state index is -0.479. The molecule has 0 aliphatic carbocycles. The highest BCUT2D eigenvalue weighted by Crippen LogP contribution is 2.35. The Morgan fingerprint density at radius 2 is 2.00 bits per heavy atom. The largest absolute Gasteiger partial charge is 0.444 e. The van der Waals surface area contributed by atoms with E-state index >= 15 is 0 Å². The van der Waals surface area contributed by atoms with E-state index in [0.29, 0.717) is 5.92 Å². The summed E-state index contributed by atoms with van der Waals surface area (Å²) in [6.07, 6.45) is 1.82. The van der Waals surface area contributed by atoms with Gasteiger partial charge in [0.15, 0.2) is 0 Å². The summed E-state index contributed by atoms with van der Waals surface area (Å²) >= 11 is 6.26. The average Bonchev–Trinajstić information content (AvgIpc) is 2.40. The van der Waals surface area contributed by atoms with Crippen molar-refractivity contribution in [3.8, 4) is 0 Å². The van der Waals surface area contributed by atoms with Gasteiger partial charge in [-0.25, -0.2) is 4.79 Å². The number of hydrogen-bond donors (Lipinski definition) is 0. The van der Waals surface area contributed by atoms with E-state index in [0.717, 1.165) is 35.5 Å². The van der Waals surface area contributed by atoms with Crippen LogP contribution in [0.4, 0.5) is 4.79 Å². The third-order valence-corrected chi connectivity index (χ3v) is 4.43. The van der Waals surface area contributed by atoms with Gasteiger partial charge in [-0.1, -0.05) is 30.7 Å². The topological polar surface area (TPSA) is 29.5 Å². The van der Waals surface area contributed by atoms with Crippen LogP contribution >= 0.6 is 11.6 Å². The van der Waals surface area contributed by atoms with Crippen LogP contribution in [-0.2, 0) is 4.74 Å². The number of carbonyl (C=O) groups excluding carboxylic acids is 1. The maximum absolute atomic E-state index is 12.6. The molecule has 0 N–H and O–H groups in total. The molecule has 1 amide bonds. The van der Waals surface area contributed by atoms with Crippen LogP contribution in [-0.4, -0.2) is 23.1 Å². The Balaban J connectivity index is 2.26. The van der Waals surface area contributed by atoms with Crippen molar-refractivity contribution >= 4 is 17.7 Å². The maximum atomic E-state index is 12.6. The molecule has 0 aromatic heterocycles. The minimum Gasteiger partial charge on any atom is -0.444 e. The summed E-state index contributed by atoms with van der Waals surface area (Å²) in [5.41, 5.74) is 1.67. The third-order valence-electron chi connectivity index (χ3n) is 4.03. The maximum Gasteiger partial charge on any atom is 0.410 e. The van der Waals surface area contributed by atoms with Gasteiger partial charge >= 0.3 is 6.09 Å². The van der Waals surface area contributed by atoms with Gasteiger partial charge in [0.2, 0.25) is 0 Å². The summed E-state index contributed by atoms with van der Waals surface area (Å²) in [4.78, 5) is 14.4. The second-order valence-corrected chi connectivity index (χ2v) is 7.75. The average molecular weight is 324 g/mol. The Bertz CT molecular complexity index is 551. The molecule has 22 heavy (non-hydrogen) atoms. The summed E-state index contributed by atoms with van der Waals surface area (Å²) < 4.78 is 5.59. The lowest BCUT2D eigenvalue weighted by Crippen LogP contribution is -2.44. The smallest absolute Gasteiger partial charge is 0.410 e. The number of hydrogen-bond acceptors (Lipinski definition) is 2. The van der Waals surface area contributed by atoms with E-state index in [1.54, 1.807) is 0 Å². The highest BCUT2D eigenvalue weighted by atomic mass is 35.5. The fourth-order valence-corrected chi connectivity index (χ4v) is 3.03. The molecule has 1 aliphatic rings. The van der Waals surface area contributed by atoms with Gasteiger partial charge in [-0.05, 0) is 63.6 Å². The molecule has 0 bridgehead atoms. The SMILES string of the molecule is Cc1ccc(C2CC[C@H](C)CN2C(=O)OC(C)(C)C)cc1Cl. The number of ether oxygens (including phenoxy) is 1. The molecule has 0 spiro atoms. The van der Waals surface area contributed by atoms with Crippen LogP contribution in [0.15, 0.2) is 18.2 Å². The molecule has 4 heteroatoms. The predicted molar refractivity (Wildman–Crippen MR) is 90.3 cm³/mol. The molecule has 1 aliphatic heterocycles. The van der Waals surface area contributed by atoms with E-state index in [4.69, 9.17) is 16.3 Å². The zero-order chi connectivity index (χ0) is 16.5. The molecular weight excluding hydrogens is 298 g/mol. The van der Waals surface area contributed by atoms with E-state index in [1.807, 2.05) is 44.7 Å². The first-order valence-electron chi connectivity index (χ1n) is 7.93. The van der Waals surface area contributed by atoms with Crippen molar-refractivity contribution in [1.29, 1.82) is 0 Å². The van der Waals surface area contributed by atoms with Crippen LogP contribution in [0.1, 0.15) is 57.7 Å². The fraction of sp³-hybridized carbons (Fsp3) is 0.611. The van der Waals surface area contributed by atoms with Crippen LogP contribution in [0.5, 0.6) is 0 Å². The van der Waals surface area contributed by atoms with Crippen LogP contribution in [0.2, 0.25) is 5.02 Å². The monoisotopic (exact) mass is 323 g/mol. The Labute approximate surface area is 138 Å². The molecule has 1 fully saturated rings. The van der Waals surface area contributed by atoms with Gasteiger partial charge in [0.1, 0.15) is 5.60 Å². The van der Waals surface area contributed by atoms with Crippen molar-refractivity contribution < 1.29 is 9.53 Å². The van der Waals surface area contributed by atoms with Gasteiger partial charge < -0.3 is 9.64 Å². The predicted octanol–water partition coefficient (Wildman–Crippen LogP) is 5.36. The Morgan fingerprint density at radius 1 is 1.32 bits per heavy atom. The van der Waals surface area contributed by atoms with Crippen LogP contribution in [0.3, 0.4) is 0 Å². The summed E-state index contributed by atoms with van der Waals surface area (Å²) in [6.45, 7) is 10.6. The molecule has 2 rings (SSSR count). The number of aryl methyl sites for hydroxylation is 1. The number of benzene rings is 1. The molecule has 3 nitrogen and oxygen atoms in total. The van der Waals surface area contributed by atoms with E-state index in [2.05, 4.69) is 13.0 Å². The quantitative estimate of drug-likeness (QED) is 0.696. The van der Waals surface area contributed by atoms with Crippen LogP contribution < -0.4 is 0 Å². The highest BCUT2D eigenvalue weighted by Gasteiger charge is 2.33. The molecule has 0 saturated carbocycles. The summed E-state index contributed by atoms with van der Waals surface area (Å²) in [6, 6.07) is 6.11. The first-order valence-corrected chi connectivity index (χ1v) is 8.31. The number of nitrogens with zero attached hydrogens (tertiary/aromatic N) is 1. The number of halogens is 1. The summed E-state index contributed by atoms with van der Waals surface area (Å²) in [5, 5.41) is 0.750. The van der Waals surface area contributed by atoms with Crippen LogP contribution in [0.25, 0.3) is 0 Å². The molecular formula is C18H26ClNO2. The number of amides is 1. The van der Waals surface area contributed by atoms with Gasteiger partial charge in [-0.3, -0.25) is 0 Å². The molecule has 1 heterocycles. The van der Waals surface area contributed by atoms with Gasteiger partial charge in [0.05, 0.1) is 6.04 Å². The van der Waals surface area contributed by atoms with E-state index in [-0.39, 0.29) is 12.1 Å². The van der Waals surface area contributed by atoms with Crippen LogP contribution in [0, 0.1) is 12.8 Å². The molecule has 0 radical (unpaired) electrons. The van der Waals surface area contributed by atoms with Crippen molar-refractivity contribution in [2.45, 2.75) is 59.1 Å². The van der Waals surface area contributed by atoms with Gasteiger partial charge in [-0.2, -0.15) is 0 Å². The fourth-order valence-electron chi connectivity index (χ4n) is 2.84. The Hall–Kier alpha value is -1.22. The van der Waals surface area contributed by atoms with Crippen molar-refractivity contribution in [3.63, 3.8) is 0 Å². The zero-order valence-corrected chi connectivity index (χ0v) is 14.9. The van der Waals surface area contributed by atoms with Gasteiger partial charge in [-0.15, -0.1) is 0 Å². The Morgan fingerprint density at radius 3 is 2.59 bits per heavy atom. The molecule has 1 unspecified atom stereocenters. The Kier molecular flexibility index (Phi) is 5.06. The lowest BCUT2D eigenvalue weighted by atomic mass is 9.90. The van der Waals surface area contributed by atoms with E-state index in [1.165, 1.54) is 0 Å². The van der Waals surface area contributed by atoms with E-state index < -0.39 is 5.60 Å². The normalized spacial score (nSPS) is 22.5. The highest BCUT2D eigenvalue weighted by molar-refractivity contribution is 6.31. The lowest BCUT2D eigenvalue weighted by Gasteiger charge is -2.39. The van der Waals surface area contributed by atoms with E-state index in [9.17, 15) is 4.79 Å². The first-order chi connectivity index (χ1) is 10.2. The van der Waals surface area contributed by atoms with Gasteiger partial charge in [0.25, 0.3) is 0 Å². The number of carbonyl (C=O) groups is 1. The number of rotatable bonds is 1. The second-order valence-electron chi connectivity index (χ2n) is 7.34. The third kappa shape index (κ3) is 4.16. The summed E-state index contributed by atoms with van der Waals surface area (Å²) in [5.74, 6) is 0.490. The summed E-state index contributed by atoms with van der Waals surface area (Å²) in [7, 11) is 0. The van der Waals surface area contributed by atoms with Gasteiger partial charge in [0, 0.05) is 11.6 Å². The second kappa shape index (κ2) is 6.49. The molecule has 1 aromatic carbocycles. The molecule has 1 saturated heterocycles. The standard InChI is InChI=1S/C18H26ClNO2/c1-12-6-9-16(14-8-7-13(2)15(19)10-14)20(11-12)17(21)22-18(3,4)5/h7-8,10,12,16H,6,9,11H2,1-5H3/t12-,16?/m0/s1. The van der Waals surface area contributed by atoms with Crippen molar-refractivity contribution in [2.75, 3.05) is 6.54 Å². The van der Waals surface area contributed by atoms with Crippen molar-refractivity contribution in [2.24, 2.45) is 5.92 Å².